The van der Waals surface area contributed by atoms with Gasteiger partial charge in [0, 0.05) is 18.4 Å². The molecule has 32 heteroatoms. The first-order valence-electron chi connectivity index (χ1n) is 15.7. The summed E-state index contributed by atoms with van der Waals surface area (Å²) in [6.45, 7) is 0.129. The van der Waals surface area contributed by atoms with Gasteiger partial charge in [-0.15, -0.1) is 0 Å². The number of esters is 1. The zero-order valence-electron chi connectivity index (χ0n) is 29.3. The van der Waals surface area contributed by atoms with Gasteiger partial charge >= 0.3 is 29.4 Å². The summed E-state index contributed by atoms with van der Waals surface area (Å²) < 4.78 is 97.1. The molecule has 2 aromatic rings. The first-order chi connectivity index (χ1) is 25.6. The fourth-order valence-electron chi connectivity index (χ4n) is 4.52. The molecule has 3 rings (SSSR count). The number of nitrogens with zero attached hydrogens (tertiary/aromatic N) is 4. The number of carbonyl (C=O) groups is 3. The van der Waals surface area contributed by atoms with Crippen LogP contribution in [0.3, 0.4) is 0 Å². The normalized spacial score (nSPS) is 22.5. The highest BCUT2D eigenvalue weighted by molar-refractivity contribution is 7.87. The minimum absolute atomic E-state index is 0.00894. The number of aliphatic hydroxyl groups excluding tert-OH is 2. The van der Waals surface area contributed by atoms with Gasteiger partial charge in [0.25, 0.3) is 10.1 Å². The van der Waals surface area contributed by atoms with Crippen molar-refractivity contribution in [2.45, 2.75) is 63.1 Å². The number of nitrogens with two attached hydrogens (primary N) is 1. The van der Waals surface area contributed by atoms with E-state index in [1.165, 1.54) is 13.8 Å². The molecule has 2 unspecified atom stereocenters. The molecule has 28 nitrogen and oxygen atoms in total. The zero-order valence-corrected chi connectivity index (χ0v) is 32.8. The molecule has 0 saturated carbocycles. The molecule has 2 aromatic heterocycles. The minimum Gasteiger partial charge on any atom is -0.463 e. The number of aliphatic hydroxyl groups is 2. The molecule has 1 aliphatic rings. The van der Waals surface area contributed by atoms with Gasteiger partial charge in [-0.25, -0.2) is 28.6 Å². The minimum atomic E-state index is -5.61. The summed E-state index contributed by atoms with van der Waals surface area (Å²) in [6, 6.07) is 0. The predicted octanol–water partition coefficient (Wildman–Crippen LogP) is -2.78. The van der Waals surface area contributed by atoms with E-state index in [1.807, 2.05) is 0 Å². The highest BCUT2D eigenvalue weighted by Gasteiger charge is 2.50. The molecule has 0 aliphatic carbocycles. The van der Waals surface area contributed by atoms with Gasteiger partial charge in [-0.1, -0.05) is 13.8 Å². The number of rotatable bonds is 21. The SMILES string of the molecule is C[C@@H](C(=O)OCCNC(=O)CCNC(=O)[C@H](O)C(C)(C)COP(=O)(O)OP(=O)(O)OC[C@H]1O[C@@H](n2cnc3c(N)ncnc32)[C@H](O)[C@@H]1OP(=O)(O)O)S(=O)(=O)O. The molecule has 0 bridgehead atoms. The van der Waals surface area contributed by atoms with Crippen molar-refractivity contribution in [3.63, 3.8) is 0 Å². The Balaban J connectivity index is 1.50. The summed E-state index contributed by atoms with van der Waals surface area (Å²) in [5.74, 6) is -3.05. The highest BCUT2D eigenvalue weighted by atomic mass is 32.2. The fraction of sp³-hybridized carbons (Fsp3) is 0.667. The average Bonchev–Trinajstić information content (AvgIpc) is 3.63. The third kappa shape index (κ3) is 13.5. The Morgan fingerprint density at radius 1 is 1.05 bits per heavy atom. The molecule has 11 N–H and O–H groups in total. The molecule has 2 amide bonds. The number of hydrogen-bond acceptors (Lipinski definition) is 20. The van der Waals surface area contributed by atoms with Crippen LogP contribution in [-0.4, -0.2) is 143 Å². The maximum Gasteiger partial charge on any atom is 0.481 e. The number of carbonyl (C=O) groups excluding carboxylic acids is 3. The lowest BCUT2D eigenvalue weighted by molar-refractivity contribution is -0.143. The van der Waals surface area contributed by atoms with Crippen molar-refractivity contribution in [1.29, 1.82) is 0 Å². The van der Waals surface area contributed by atoms with Crippen molar-refractivity contribution < 1.29 is 98.2 Å². The van der Waals surface area contributed by atoms with Crippen LogP contribution >= 0.6 is 23.5 Å². The van der Waals surface area contributed by atoms with E-state index in [0.717, 1.165) is 24.1 Å². The lowest BCUT2D eigenvalue weighted by atomic mass is 9.87. The predicted molar refractivity (Wildman–Crippen MR) is 182 cm³/mol. The van der Waals surface area contributed by atoms with Gasteiger partial charge in [0.05, 0.1) is 26.1 Å². The van der Waals surface area contributed by atoms with E-state index in [1.54, 1.807) is 0 Å². The van der Waals surface area contributed by atoms with E-state index in [4.69, 9.17) is 24.1 Å². The topological polar surface area (TPSA) is 427 Å². The lowest BCUT2D eigenvalue weighted by Gasteiger charge is -2.30. The smallest absolute Gasteiger partial charge is 0.463 e. The number of fused-ring (bicyclic) bond motifs is 1. The second-order valence-electron chi connectivity index (χ2n) is 12.4. The first kappa shape index (κ1) is 47.3. The Kier molecular flexibility index (Phi) is 15.8. The fourth-order valence-corrected chi connectivity index (χ4v) is 7.66. The summed E-state index contributed by atoms with van der Waals surface area (Å²) in [5.41, 5.74) is 4.13. The Morgan fingerprint density at radius 2 is 1.70 bits per heavy atom. The van der Waals surface area contributed by atoms with E-state index < -0.39 is 112 Å². The van der Waals surface area contributed by atoms with Gasteiger partial charge in [-0.2, -0.15) is 12.7 Å². The highest BCUT2D eigenvalue weighted by Crippen LogP contribution is 2.61. The van der Waals surface area contributed by atoms with E-state index in [0.29, 0.717) is 0 Å². The van der Waals surface area contributed by atoms with Crippen LogP contribution in [0.15, 0.2) is 12.7 Å². The summed E-state index contributed by atoms with van der Waals surface area (Å²) in [7, 11) is -21.2. The van der Waals surface area contributed by atoms with Crippen molar-refractivity contribution in [3.8, 4) is 0 Å². The quantitative estimate of drug-likeness (QED) is 0.0262. The largest absolute Gasteiger partial charge is 0.481 e. The molecule has 3 heterocycles. The van der Waals surface area contributed by atoms with E-state index in [-0.39, 0.29) is 36.5 Å². The first-order valence-corrected chi connectivity index (χ1v) is 21.7. The molecular weight excluding hydrogens is 847 g/mol. The van der Waals surface area contributed by atoms with Gasteiger partial charge in [-0.05, 0) is 6.92 Å². The molecule has 0 spiro atoms. The van der Waals surface area contributed by atoms with Crippen LogP contribution in [-0.2, 0) is 65.6 Å². The summed E-state index contributed by atoms with van der Waals surface area (Å²) in [6.07, 6.45) is -7.32. The molecule has 1 fully saturated rings. The van der Waals surface area contributed by atoms with E-state index in [9.17, 15) is 66.3 Å². The molecule has 1 aliphatic heterocycles. The molecule has 56 heavy (non-hydrogen) atoms. The van der Waals surface area contributed by atoms with Crippen LogP contribution in [0, 0.1) is 5.41 Å². The van der Waals surface area contributed by atoms with Crippen LogP contribution < -0.4 is 16.4 Å². The maximum absolute atomic E-state index is 12.6. The zero-order chi connectivity index (χ0) is 42.4. The van der Waals surface area contributed by atoms with Crippen molar-refractivity contribution in [3.05, 3.63) is 12.7 Å². The number of aromatic nitrogens is 4. The lowest BCUT2D eigenvalue weighted by Crippen LogP contribution is -2.46. The molecule has 318 valence electrons. The molecule has 0 aromatic carbocycles. The third-order valence-electron chi connectivity index (χ3n) is 7.52. The monoisotopic (exact) mass is 887 g/mol. The molecule has 8 atom stereocenters. The molecule has 0 radical (unpaired) electrons. The maximum atomic E-state index is 12.6. The summed E-state index contributed by atoms with van der Waals surface area (Å²) >= 11 is 0. The Hall–Kier alpha value is -3.08. The van der Waals surface area contributed by atoms with Gasteiger partial charge in [0.15, 0.2) is 22.9 Å². The van der Waals surface area contributed by atoms with Crippen LogP contribution in [0.4, 0.5) is 5.82 Å². The van der Waals surface area contributed by atoms with Crippen molar-refractivity contribution in [2.75, 3.05) is 38.6 Å². The second-order valence-corrected chi connectivity index (χ2v) is 18.4. The van der Waals surface area contributed by atoms with Crippen molar-refractivity contribution in [2.24, 2.45) is 5.41 Å². The summed E-state index contributed by atoms with van der Waals surface area (Å²) in [4.78, 5) is 86.7. The number of hydrogen-bond donors (Lipinski definition) is 10. The molecule has 1 saturated heterocycles. The van der Waals surface area contributed by atoms with E-state index in [2.05, 4.69) is 39.2 Å². The number of anilines is 1. The third-order valence-corrected chi connectivity index (χ3v) is 11.7. The average molecular weight is 888 g/mol. The summed E-state index contributed by atoms with van der Waals surface area (Å²) in [5, 5.41) is 24.0. The standard InChI is InChI=1S/C24H40N7O21P3S/c1-12(56(44,45)46)23(36)47-7-6-26-14(32)4-5-27-21(35)18(34)24(2,3)9-49-55(42,43)52-54(40,41)48-8-13-17(51-53(37,38)39)16(33)22(50-13)31-11-30-15-19(25)28-10-29-20(15)31/h10-13,16-18,22,33-34H,4-9H2,1-3H3,(H,26,32)(H,27,35)(H,40,41)(H,42,43)(H2,25,28,29)(H2,37,38,39)(H,44,45,46)/t12-,13+,16+,17+,18-,22+/m0/s1. The number of ether oxygens (including phenoxy) is 2. The van der Waals surface area contributed by atoms with Gasteiger partial charge in [0.2, 0.25) is 11.8 Å². The van der Waals surface area contributed by atoms with Crippen LogP contribution in [0.5, 0.6) is 0 Å². The van der Waals surface area contributed by atoms with E-state index >= 15 is 0 Å². The van der Waals surface area contributed by atoms with Crippen LogP contribution in [0.2, 0.25) is 0 Å². The number of amides is 2. The number of phosphoric ester groups is 3. The second kappa shape index (κ2) is 18.7. The van der Waals surface area contributed by atoms with Crippen LogP contribution in [0.1, 0.15) is 33.4 Å². The van der Waals surface area contributed by atoms with Crippen molar-refractivity contribution >= 4 is 68.4 Å². The Bertz CT molecular complexity index is 2000. The number of nitrogen functional groups attached to an aromatic ring is 1. The van der Waals surface area contributed by atoms with Gasteiger partial charge in [0.1, 0.15) is 42.9 Å². The van der Waals surface area contributed by atoms with Crippen LogP contribution in [0.25, 0.3) is 11.2 Å². The number of imidazole rings is 1. The van der Waals surface area contributed by atoms with Gasteiger partial charge < -0.3 is 55.6 Å². The number of nitrogens with one attached hydrogen (secondary N) is 2. The molecular formula is C24H40N7O21P3S. The Morgan fingerprint density at radius 3 is 2.32 bits per heavy atom. The van der Waals surface area contributed by atoms with Crippen molar-refractivity contribution in [1.82, 2.24) is 30.2 Å². The number of phosphoric acid groups is 3. The Labute approximate surface area is 316 Å². The van der Waals surface area contributed by atoms with Gasteiger partial charge in [-0.3, -0.25) is 37.1 Å².